The number of hydrogen-bond donors (Lipinski definition) is 2. The monoisotopic (exact) mass is 388 g/mol. The smallest absolute Gasteiger partial charge is 0.302 e. The summed E-state index contributed by atoms with van der Waals surface area (Å²) in [5, 5.41) is 22.0. The molecule has 6 nitrogen and oxygen atoms in total. The van der Waals surface area contributed by atoms with Crippen LogP contribution in [0.25, 0.3) is 0 Å². The van der Waals surface area contributed by atoms with Crippen LogP contribution >= 0.6 is 0 Å². The fourth-order valence-electron chi connectivity index (χ4n) is 5.93. The predicted molar refractivity (Wildman–Crippen MR) is 102 cm³/mol. The zero-order valence-electron chi connectivity index (χ0n) is 17.1. The maximum atomic E-state index is 13.1. The molecule has 1 aromatic rings. The van der Waals surface area contributed by atoms with E-state index in [0.717, 1.165) is 0 Å². The molecule has 1 heterocycles. The van der Waals surface area contributed by atoms with E-state index in [4.69, 9.17) is 9.47 Å². The van der Waals surface area contributed by atoms with Gasteiger partial charge in [-0.15, -0.1) is 0 Å². The minimum absolute atomic E-state index is 0.0190. The van der Waals surface area contributed by atoms with Crippen molar-refractivity contribution in [1.82, 2.24) is 0 Å². The highest BCUT2D eigenvalue weighted by atomic mass is 16.5. The molecule has 0 spiro atoms. The van der Waals surface area contributed by atoms with Crippen LogP contribution in [0.3, 0.4) is 0 Å². The van der Waals surface area contributed by atoms with Crippen LogP contribution in [0.5, 0.6) is 17.2 Å². The van der Waals surface area contributed by atoms with E-state index in [0.29, 0.717) is 36.1 Å². The number of hydrogen-bond acceptors (Lipinski definition) is 6. The number of rotatable bonds is 1. The summed E-state index contributed by atoms with van der Waals surface area (Å²) in [5.41, 5.74) is 0.269. The summed E-state index contributed by atoms with van der Waals surface area (Å²) in [6.45, 7) is 9.35. The lowest BCUT2D eigenvalue weighted by atomic mass is 9.49. The number of aromatic hydroxyl groups is 2. The van der Waals surface area contributed by atoms with Gasteiger partial charge in [0.05, 0.1) is 5.56 Å². The van der Waals surface area contributed by atoms with Gasteiger partial charge < -0.3 is 19.7 Å². The average Bonchev–Trinajstić information content (AvgIpc) is 2.99. The van der Waals surface area contributed by atoms with Crippen LogP contribution in [0.2, 0.25) is 0 Å². The number of ketones is 1. The van der Waals surface area contributed by atoms with Crippen LogP contribution in [0, 0.1) is 11.3 Å². The summed E-state index contributed by atoms with van der Waals surface area (Å²) in [4.78, 5) is 24.7. The normalized spacial score (nSPS) is 32.8. The first-order chi connectivity index (χ1) is 13.0. The molecule has 0 saturated heterocycles. The van der Waals surface area contributed by atoms with Gasteiger partial charge >= 0.3 is 5.97 Å². The van der Waals surface area contributed by atoms with Crippen LogP contribution in [-0.4, -0.2) is 34.2 Å². The lowest BCUT2D eigenvalue weighted by Crippen LogP contribution is -2.55. The van der Waals surface area contributed by atoms with Crippen LogP contribution < -0.4 is 4.74 Å². The minimum Gasteiger partial charge on any atom is -0.507 e. The molecule has 1 fully saturated rings. The third-order valence-corrected chi connectivity index (χ3v) is 7.28. The van der Waals surface area contributed by atoms with Crippen molar-refractivity contribution in [2.75, 3.05) is 0 Å². The maximum absolute atomic E-state index is 13.1. The summed E-state index contributed by atoms with van der Waals surface area (Å²) in [6.07, 6.45) is 1.53. The molecule has 152 valence electrons. The van der Waals surface area contributed by atoms with Crippen molar-refractivity contribution in [2.24, 2.45) is 11.3 Å². The highest BCUT2D eigenvalue weighted by Crippen LogP contribution is 2.63. The van der Waals surface area contributed by atoms with Crippen molar-refractivity contribution < 1.29 is 29.3 Å². The van der Waals surface area contributed by atoms with Crippen molar-refractivity contribution in [3.05, 3.63) is 16.7 Å². The molecule has 1 saturated carbocycles. The quantitative estimate of drug-likeness (QED) is 0.564. The Bertz CT molecular complexity index is 886. The molecule has 4 rings (SSSR count). The van der Waals surface area contributed by atoms with Gasteiger partial charge in [0.1, 0.15) is 18.0 Å². The third-order valence-electron chi connectivity index (χ3n) is 7.28. The van der Waals surface area contributed by atoms with Crippen LogP contribution in [0.1, 0.15) is 75.4 Å². The van der Waals surface area contributed by atoms with E-state index in [9.17, 15) is 19.8 Å². The van der Waals surface area contributed by atoms with Gasteiger partial charge in [-0.25, -0.2) is 0 Å². The number of ether oxygens (including phenoxy) is 2. The van der Waals surface area contributed by atoms with Crippen molar-refractivity contribution in [1.29, 1.82) is 0 Å². The Morgan fingerprint density at radius 2 is 1.86 bits per heavy atom. The van der Waals surface area contributed by atoms with Crippen molar-refractivity contribution in [2.45, 2.75) is 77.9 Å². The van der Waals surface area contributed by atoms with E-state index in [2.05, 4.69) is 0 Å². The summed E-state index contributed by atoms with van der Waals surface area (Å²) in [5.74, 6) is -0.404. The Morgan fingerprint density at radius 3 is 2.50 bits per heavy atom. The van der Waals surface area contributed by atoms with Gasteiger partial charge in [0.25, 0.3) is 0 Å². The second kappa shape index (κ2) is 5.88. The fraction of sp³-hybridized carbons (Fsp3) is 0.636. The minimum atomic E-state index is -0.533. The molecule has 2 aliphatic carbocycles. The molecule has 0 bridgehead atoms. The molecule has 28 heavy (non-hydrogen) atoms. The SMILES string of the molecule is CC(=O)O[C@H]1CC[C@]2(C)c3c(O)c4c(c(O)c3C(=O)CC2C1(C)C)C[C@H](C)O4. The summed E-state index contributed by atoms with van der Waals surface area (Å²) in [6, 6.07) is 0. The van der Waals surface area contributed by atoms with E-state index >= 15 is 0 Å². The van der Waals surface area contributed by atoms with Crippen LogP contribution in [0.4, 0.5) is 0 Å². The first-order valence-electron chi connectivity index (χ1n) is 9.96. The topological polar surface area (TPSA) is 93.1 Å². The molecule has 1 aromatic carbocycles. The molecule has 1 aliphatic heterocycles. The highest BCUT2D eigenvalue weighted by molar-refractivity contribution is 6.04. The molecular formula is C22H28O6. The van der Waals surface area contributed by atoms with Crippen LogP contribution in [-0.2, 0) is 21.4 Å². The lowest BCUT2D eigenvalue weighted by molar-refractivity contribution is -0.163. The van der Waals surface area contributed by atoms with Gasteiger partial charge in [-0.3, -0.25) is 9.59 Å². The van der Waals surface area contributed by atoms with E-state index in [-0.39, 0.29) is 53.4 Å². The Balaban J connectivity index is 1.90. The van der Waals surface area contributed by atoms with Crippen LogP contribution in [0.15, 0.2) is 0 Å². The molecule has 0 amide bonds. The molecule has 4 atom stereocenters. The molecule has 3 aliphatic rings. The Morgan fingerprint density at radius 1 is 1.18 bits per heavy atom. The lowest BCUT2D eigenvalue weighted by Gasteiger charge is -2.56. The number of phenolic OH excluding ortho intramolecular Hbond substituents is 2. The van der Waals surface area contributed by atoms with Crippen molar-refractivity contribution in [3.8, 4) is 17.2 Å². The van der Waals surface area contributed by atoms with Gasteiger partial charge in [0.2, 0.25) is 0 Å². The second-order valence-corrected chi connectivity index (χ2v) is 9.44. The Hall–Kier alpha value is -2.24. The summed E-state index contributed by atoms with van der Waals surface area (Å²) in [7, 11) is 0. The van der Waals surface area contributed by atoms with E-state index in [1.165, 1.54) is 6.92 Å². The number of esters is 1. The number of benzene rings is 1. The number of Topliss-reactive ketones (excluding diaryl/α,β-unsaturated/α-hetero) is 1. The number of fused-ring (bicyclic) bond motifs is 4. The maximum Gasteiger partial charge on any atom is 0.302 e. The fourth-order valence-corrected chi connectivity index (χ4v) is 5.93. The molecule has 0 aromatic heterocycles. The third kappa shape index (κ3) is 2.39. The molecule has 0 radical (unpaired) electrons. The van der Waals surface area contributed by atoms with Crippen molar-refractivity contribution >= 4 is 11.8 Å². The molecule has 6 heteroatoms. The highest BCUT2D eigenvalue weighted by Gasteiger charge is 2.58. The van der Waals surface area contributed by atoms with Gasteiger partial charge in [0, 0.05) is 41.7 Å². The van der Waals surface area contributed by atoms with Gasteiger partial charge in [-0.05, 0) is 25.7 Å². The second-order valence-electron chi connectivity index (χ2n) is 9.44. The van der Waals surface area contributed by atoms with Gasteiger partial charge in [-0.2, -0.15) is 0 Å². The van der Waals surface area contributed by atoms with Crippen molar-refractivity contribution in [3.63, 3.8) is 0 Å². The standard InChI is InChI=1S/C22H28O6/c1-10-8-12-18(25)16-13(24)9-14-21(3,4)15(28-11(2)23)6-7-22(14,5)17(16)19(26)20(12)27-10/h10,14-15,25-26H,6-9H2,1-5H3/t10-,14?,15-,22-/m0/s1. The van der Waals surface area contributed by atoms with E-state index in [1.54, 1.807) is 0 Å². The number of phenols is 2. The largest absolute Gasteiger partial charge is 0.507 e. The van der Waals surface area contributed by atoms with Gasteiger partial charge in [-0.1, -0.05) is 20.8 Å². The summed E-state index contributed by atoms with van der Waals surface area (Å²) >= 11 is 0. The van der Waals surface area contributed by atoms with Gasteiger partial charge in [0.15, 0.2) is 17.3 Å². The van der Waals surface area contributed by atoms with E-state index < -0.39 is 10.8 Å². The first kappa shape index (κ1) is 19.1. The number of carbonyl (C=O) groups excluding carboxylic acids is 2. The average molecular weight is 388 g/mol. The Kier molecular flexibility index (Phi) is 4.01. The molecular weight excluding hydrogens is 360 g/mol. The first-order valence-corrected chi connectivity index (χ1v) is 9.96. The zero-order valence-corrected chi connectivity index (χ0v) is 17.1. The van der Waals surface area contributed by atoms with E-state index in [1.807, 2.05) is 27.7 Å². The zero-order chi connectivity index (χ0) is 20.6. The summed E-state index contributed by atoms with van der Waals surface area (Å²) < 4.78 is 11.4. The Labute approximate surface area is 164 Å². The number of carbonyl (C=O) groups is 2. The molecule has 2 N–H and O–H groups in total. The predicted octanol–water partition coefficient (Wildman–Crippen LogP) is 3.63. The molecule has 1 unspecified atom stereocenters.